The van der Waals surface area contributed by atoms with E-state index < -0.39 is 0 Å². The number of benzene rings is 1. The van der Waals surface area contributed by atoms with Gasteiger partial charge >= 0.3 is 0 Å². The number of carbonyl (C=O) groups is 3. The molecule has 152 valence electrons. The van der Waals surface area contributed by atoms with E-state index in [9.17, 15) is 14.4 Å². The van der Waals surface area contributed by atoms with Crippen molar-refractivity contribution in [2.45, 2.75) is 52.5 Å². The van der Waals surface area contributed by atoms with Crippen LogP contribution in [0.3, 0.4) is 0 Å². The number of nitrogens with one attached hydrogen (secondary N) is 1. The van der Waals surface area contributed by atoms with E-state index >= 15 is 0 Å². The molecular weight excluding hydrogens is 354 g/mol. The standard InChI is InChI=1S/C22H31N3O3/c1-15-5-7-18(8-6-15)23-20(27)16-9-11-24(12-10-16)21(28)17-13-19(26)25(14-17)22(2,3)4/h5-8,16-17H,9-14H2,1-4H3,(H,23,27). The molecule has 0 spiro atoms. The molecule has 0 radical (unpaired) electrons. The van der Waals surface area contributed by atoms with Gasteiger partial charge in [0.15, 0.2) is 0 Å². The van der Waals surface area contributed by atoms with Gasteiger partial charge in [-0.05, 0) is 52.7 Å². The van der Waals surface area contributed by atoms with Gasteiger partial charge in [0.2, 0.25) is 17.7 Å². The first-order valence-corrected chi connectivity index (χ1v) is 10.1. The monoisotopic (exact) mass is 385 g/mol. The van der Waals surface area contributed by atoms with Gasteiger partial charge in [-0.3, -0.25) is 14.4 Å². The van der Waals surface area contributed by atoms with Gasteiger partial charge in [-0.2, -0.15) is 0 Å². The fraction of sp³-hybridized carbons (Fsp3) is 0.591. The summed E-state index contributed by atoms with van der Waals surface area (Å²) in [5, 5.41) is 2.97. The molecule has 2 aliphatic heterocycles. The zero-order valence-electron chi connectivity index (χ0n) is 17.3. The lowest BCUT2D eigenvalue weighted by Gasteiger charge is -2.34. The Morgan fingerprint density at radius 1 is 1.04 bits per heavy atom. The molecular formula is C22H31N3O3. The molecule has 2 saturated heterocycles. The highest BCUT2D eigenvalue weighted by atomic mass is 16.2. The van der Waals surface area contributed by atoms with Crippen LogP contribution in [0.4, 0.5) is 5.69 Å². The first-order valence-electron chi connectivity index (χ1n) is 10.1. The van der Waals surface area contributed by atoms with Crippen LogP contribution < -0.4 is 5.32 Å². The summed E-state index contributed by atoms with van der Waals surface area (Å²) in [6.45, 7) is 9.64. The summed E-state index contributed by atoms with van der Waals surface area (Å²) < 4.78 is 0. The maximum atomic E-state index is 12.9. The first kappa shape index (κ1) is 20.4. The Bertz CT molecular complexity index is 743. The van der Waals surface area contributed by atoms with Gasteiger partial charge in [0.1, 0.15) is 0 Å². The number of amides is 3. The summed E-state index contributed by atoms with van der Waals surface area (Å²) in [4.78, 5) is 41.3. The van der Waals surface area contributed by atoms with Crippen molar-refractivity contribution >= 4 is 23.4 Å². The van der Waals surface area contributed by atoms with E-state index in [1.54, 1.807) is 4.90 Å². The van der Waals surface area contributed by atoms with E-state index in [0.717, 1.165) is 11.3 Å². The van der Waals surface area contributed by atoms with Crippen LogP contribution in [0.1, 0.15) is 45.6 Å². The van der Waals surface area contributed by atoms with Crippen LogP contribution >= 0.6 is 0 Å². The fourth-order valence-corrected chi connectivity index (χ4v) is 4.02. The van der Waals surface area contributed by atoms with E-state index in [4.69, 9.17) is 0 Å². The smallest absolute Gasteiger partial charge is 0.227 e. The number of hydrogen-bond donors (Lipinski definition) is 1. The van der Waals surface area contributed by atoms with Crippen molar-refractivity contribution in [1.29, 1.82) is 0 Å². The van der Waals surface area contributed by atoms with E-state index in [1.165, 1.54) is 0 Å². The average Bonchev–Trinajstić information content (AvgIpc) is 3.05. The number of hydrogen-bond acceptors (Lipinski definition) is 3. The highest BCUT2D eigenvalue weighted by molar-refractivity contribution is 5.93. The van der Waals surface area contributed by atoms with Crippen LogP contribution in [-0.4, -0.2) is 52.7 Å². The van der Waals surface area contributed by atoms with E-state index in [2.05, 4.69) is 5.32 Å². The molecule has 0 saturated carbocycles. The second kappa shape index (κ2) is 7.94. The van der Waals surface area contributed by atoms with Crippen LogP contribution in [0, 0.1) is 18.8 Å². The third-order valence-corrected chi connectivity index (χ3v) is 5.78. The molecule has 1 N–H and O–H groups in total. The largest absolute Gasteiger partial charge is 0.342 e. The van der Waals surface area contributed by atoms with Gasteiger partial charge in [-0.25, -0.2) is 0 Å². The minimum atomic E-state index is -0.260. The second-order valence-corrected chi connectivity index (χ2v) is 9.03. The Labute approximate surface area is 167 Å². The molecule has 0 aliphatic carbocycles. The van der Waals surface area contributed by atoms with E-state index in [1.807, 2.05) is 56.9 Å². The third-order valence-electron chi connectivity index (χ3n) is 5.78. The summed E-state index contributed by atoms with van der Waals surface area (Å²) >= 11 is 0. The topological polar surface area (TPSA) is 69.7 Å². The van der Waals surface area contributed by atoms with Crippen molar-refractivity contribution in [3.8, 4) is 0 Å². The van der Waals surface area contributed by atoms with E-state index in [-0.39, 0.29) is 35.1 Å². The highest BCUT2D eigenvalue weighted by Gasteiger charge is 2.41. The number of anilines is 1. The zero-order chi connectivity index (χ0) is 20.5. The van der Waals surface area contributed by atoms with Crippen molar-refractivity contribution in [2.75, 3.05) is 25.0 Å². The molecule has 1 aromatic rings. The summed E-state index contributed by atoms with van der Waals surface area (Å²) in [5.74, 6) is -0.215. The van der Waals surface area contributed by atoms with Crippen LogP contribution in [0.25, 0.3) is 0 Å². The number of carbonyl (C=O) groups excluding carboxylic acids is 3. The van der Waals surface area contributed by atoms with Gasteiger partial charge in [0.25, 0.3) is 0 Å². The Morgan fingerprint density at radius 3 is 2.18 bits per heavy atom. The maximum Gasteiger partial charge on any atom is 0.227 e. The normalized spacial score (nSPS) is 21.1. The molecule has 3 rings (SSSR count). The molecule has 0 aromatic heterocycles. The summed E-state index contributed by atoms with van der Waals surface area (Å²) in [7, 11) is 0. The second-order valence-electron chi connectivity index (χ2n) is 9.03. The lowest BCUT2D eigenvalue weighted by molar-refractivity contribution is -0.138. The Kier molecular flexibility index (Phi) is 5.77. The highest BCUT2D eigenvalue weighted by Crippen LogP contribution is 2.28. The van der Waals surface area contributed by atoms with Crippen molar-refractivity contribution in [2.24, 2.45) is 11.8 Å². The van der Waals surface area contributed by atoms with Gasteiger partial charge in [0.05, 0.1) is 5.92 Å². The predicted octanol–water partition coefficient (Wildman–Crippen LogP) is 2.82. The Balaban J connectivity index is 1.51. The minimum absolute atomic E-state index is 0.0194. The Morgan fingerprint density at radius 2 is 1.64 bits per heavy atom. The Hall–Kier alpha value is -2.37. The number of piperidine rings is 1. The van der Waals surface area contributed by atoms with E-state index in [0.29, 0.717) is 38.9 Å². The molecule has 1 unspecified atom stereocenters. The van der Waals surface area contributed by atoms with Crippen molar-refractivity contribution < 1.29 is 14.4 Å². The van der Waals surface area contributed by atoms with Gasteiger partial charge in [-0.1, -0.05) is 17.7 Å². The van der Waals surface area contributed by atoms with Crippen LogP contribution in [0.2, 0.25) is 0 Å². The van der Waals surface area contributed by atoms with Crippen molar-refractivity contribution in [3.63, 3.8) is 0 Å². The molecule has 3 amide bonds. The molecule has 1 aromatic carbocycles. The summed E-state index contributed by atoms with van der Waals surface area (Å²) in [6, 6.07) is 7.76. The lowest BCUT2D eigenvalue weighted by atomic mass is 9.94. The average molecular weight is 386 g/mol. The molecule has 28 heavy (non-hydrogen) atoms. The number of likely N-dealkylation sites (tertiary alicyclic amines) is 2. The number of rotatable bonds is 3. The number of nitrogens with zero attached hydrogens (tertiary/aromatic N) is 2. The SMILES string of the molecule is Cc1ccc(NC(=O)C2CCN(C(=O)C3CC(=O)N(C(C)(C)C)C3)CC2)cc1. The summed E-state index contributed by atoms with van der Waals surface area (Å²) in [5.41, 5.74) is 1.70. The molecule has 2 aliphatic rings. The van der Waals surface area contributed by atoms with Gasteiger partial charge < -0.3 is 15.1 Å². The molecule has 1 atom stereocenters. The lowest BCUT2D eigenvalue weighted by Crippen LogP contribution is -2.46. The first-order chi connectivity index (χ1) is 13.1. The van der Waals surface area contributed by atoms with Crippen LogP contribution in [0.15, 0.2) is 24.3 Å². The molecule has 6 nitrogen and oxygen atoms in total. The summed E-state index contributed by atoms with van der Waals surface area (Å²) in [6.07, 6.45) is 1.62. The molecule has 2 fully saturated rings. The van der Waals surface area contributed by atoms with Crippen molar-refractivity contribution in [3.05, 3.63) is 29.8 Å². The predicted molar refractivity (Wildman–Crippen MR) is 109 cm³/mol. The van der Waals surface area contributed by atoms with Crippen LogP contribution in [0.5, 0.6) is 0 Å². The molecule has 0 bridgehead atoms. The maximum absolute atomic E-state index is 12.9. The van der Waals surface area contributed by atoms with Gasteiger partial charge in [-0.15, -0.1) is 0 Å². The van der Waals surface area contributed by atoms with Crippen LogP contribution in [-0.2, 0) is 14.4 Å². The fourth-order valence-electron chi connectivity index (χ4n) is 4.02. The molecule has 6 heteroatoms. The minimum Gasteiger partial charge on any atom is -0.342 e. The molecule has 2 heterocycles. The van der Waals surface area contributed by atoms with Gasteiger partial charge in [0, 0.05) is 43.2 Å². The van der Waals surface area contributed by atoms with Crippen molar-refractivity contribution in [1.82, 2.24) is 9.80 Å². The number of aryl methyl sites for hydroxylation is 1. The quantitative estimate of drug-likeness (QED) is 0.870. The zero-order valence-corrected chi connectivity index (χ0v) is 17.3. The third kappa shape index (κ3) is 4.54.